The lowest BCUT2D eigenvalue weighted by molar-refractivity contribution is -0.144. The molecular weight excluding hydrogens is 268 g/mol. The monoisotopic (exact) mass is 292 g/mol. The van der Waals surface area contributed by atoms with E-state index in [2.05, 4.69) is 12.2 Å². The molecule has 0 aromatic heterocycles. The SMILES string of the molecule is COc1cccc(COC(C)C(=O)N2CCNC(C)C2)c1. The van der Waals surface area contributed by atoms with Crippen LogP contribution in [-0.2, 0) is 16.1 Å². The number of nitrogens with zero attached hydrogens (tertiary/aromatic N) is 1. The van der Waals surface area contributed by atoms with Gasteiger partial charge in [-0.05, 0) is 31.5 Å². The van der Waals surface area contributed by atoms with Gasteiger partial charge in [-0.25, -0.2) is 0 Å². The number of benzene rings is 1. The Morgan fingerprint density at radius 3 is 3.05 bits per heavy atom. The van der Waals surface area contributed by atoms with Crippen molar-refractivity contribution in [2.45, 2.75) is 32.6 Å². The van der Waals surface area contributed by atoms with Crippen molar-refractivity contribution in [3.05, 3.63) is 29.8 Å². The maximum Gasteiger partial charge on any atom is 0.251 e. The summed E-state index contributed by atoms with van der Waals surface area (Å²) in [7, 11) is 1.64. The third-order valence-corrected chi connectivity index (χ3v) is 3.66. The molecule has 1 saturated heterocycles. The molecule has 0 spiro atoms. The summed E-state index contributed by atoms with van der Waals surface area (Å²) >= 11 is 0. The standard InChI is InChI=1S/C16H24N2O3/c1-12-10-18(8-7-17-12)16(19)13(2)21-11-14-5-4-6-15(9-14)20-3/h4-6,9,12-13,17H,7-8,10-11H2,1-3H3. The topological polar surface area (TPSA) is 50.8 Å². The molecule has 2 atom stereocenters. The van der Waals surface area contributed by atoms with Crippen LogP contribution in [0.1, 0.15) is 19.4 Å². The van der Waals surface area contributed by atoms with E-state index in [0.29, 0.717) is 12.6 Å². The van der Waals surface area contributed by atoms with Crippen molar-refractivity contribution in [2.24, 2.45) is 0 Å². The fraction of sp³-hybridized carbons (Fsp3) is 0.562. The Balaban J connectivity index is 1.85. The van der Waals surface area contributed by atoms with E-state index in [9.17, 15) is 4.79 Å². The number of hydrogen-bond donors (Lipinski definition) is 1. The molecule has 0 bridgehead atoms. The van der Waals surface area contributed by atoms with Crippen molar-refractivity contribution in [1.29, 1.82) is 0 Å². The number of ether oxygens (including phenoxy) is 2. The van der Waals surface area contributed by atoms with Gasteiger partial charge < -0.3 is 19.7 Å². The van der Waals surface area contributed by atoms with Crippen LogP contribution < -0.4 is 10.1 Å². The summed E-state index contributed by atoms with van der Waals surface area (Å²) in [5.41, 5.74) is 1.00. The van der Waals surface area contributed by atoms with Gasteiger partial charge in [0.05, 0.1) is 13.7 Å². The predicted molar refractivity (Wildman–Crippen MR) is 81.3 cm³/mol. The summed E-state index contributed by atoms with van der Waals surface area (Å²) in [6.07, 6.45) is -0.429. The second-order valence-corrected chi connectivity index (χ2v) is 5.44. The second-order valence-electron chi connectivity index (χ2n) is 5.44. The number of methoxy groups -OCH3 is 1. The third-order valence-electron chi connectivity index (χ3n) is 3.66. The second kappa shape index (κ2) is 7.43. The van der Waals surface area contributed by atoms with Crippen LogP contribution in [0.5, 0.6) is 5.75 Å². The van der Waals surface area contributed by atoms with Crippen molar-refractivity contribution >= 4 is 5.91 Å². The minimum absolute atomic E-state index is 0.0613. The molecule has 1 fully saturated rings. The van der Waals surface area contributed by atoms with E-state index in [0.717, 1.165) is 30.9 Å². The molecule has 5 heteroatoms. The first-order valence-corrected chi connectivity index (χ1v) is 7.37. The first-order valence-electron chi connectivity index (χ1n) is 7.37. The van der Waals surface area contributed by atoms with E-state index in [4.69, 9.17) is 9.47 Å². The highest BCUT2D eigenvalue weighted by atomic mass is 16.5. The number of nitrogens with one attached hydrogen (secondary N) is 1. The highest BCUT2D eigenvalue weighted by molar-refractivity contribution is 5.80. The number of amides is 1. The molecule has 1 aliphatic rings. The molecule has 116 valence electrons. The van der Waals surface area contributed by atoms with Crippen molar-refractivity contribution in [1.82, 2.24) is 10.2 Å². The van der Waals surface area contributed by atoms with E-state index < -0.39 is 6.10 Å². The molecule has 1 aromatic rings. The molecule has 1 heterocycles. The third kappa shape index (κ3) is 4.44. The fourth-order valence-corrected chi connectivity index (χ4v) is 2.44. The first-order chi connectivity index (χ1) is 10.1. The van der Waals surface area contributed by atoms with Crippen LogP contribution in [0.3, 0.4) is 0 Å². The molecule has 1 amide bonds. The van der Waals surface area contributed by atoms with Crippen LogP contribution >= 0.6 is 0 Å². The van der Waals surface area contributed by atoms with E-state index >= 15 is 0 Å². The van der Waals surface area contributed by atoms with Crippen molar-refractivity contribution in [3.8, 4) is 5.75 Å². The number of piperazine rings is 1. The van der Waals surface area contributed by atoms with Gasteiger partial charge >= 0.3 is 0 Å². The Labute approximate surface area is 126 Å². The van der Waals surface area contributed by atoms with E-state index in [1.807, 2.05) is 36.1 Å². The van der Waals surface area contributed by atoms with E-state index in [1.165, 1.54) is 0 Å². The molecule has 0 aliphatic carbocycles. The maximum atomic E-state index is 12.3. The molecule has 2 unspecified atom stereocenters. The molecule has 1 N–H and O–H groups in total. The first kappa shape index (κ1) is 15.8. The average molecular weight is 292 g/mol. The Morgan fingerprint density at radius 2 is 2.33 bits per heavy atom. The van der Waals surface area contributed by atoms with Gasteiger partial charge in [0.25, 0.3) is 5.91 Å². The maximum absolute atomic E-state index is 12.3. The van der Waals surface area contributed by atoms with Crippen molar-refractivity contribution < 1.29 is 14.3 Å². The van der Waals surface area contributed by atoms with Gasteiger partial charge in [-0.1, -0.05) is 12.1 Å². The zero-order valence-corrected chi connectivity index (χ0v) is 13.0. The van der Waals surface area contributed by atoms with Crippen LogP contribution in [0.15, 0.2) is 24.3 Å². The molecule has 1 aliphatic heterocycles. The van der Waals surface area contributed by atoms with Gasteiger partial charge in [-0.2, -0.15) is 0 Å². The van der Waals surface area contributed by atoms with E-state index in [1.54, 1.807) is 7.11 Å². The Kier molecular flexibility index (Phi) is 5.59. The largest absolute Gasteiger partial charge is 0.497 e. The van der Waals surface area contributed by atoms with Gasteiger partial charge in [0.1, 0.15) is 11.9 Å². The normalized spacial score (nSPS) is 20.1. The summed E-state index contributed by atoms with van der Waals surface area (Å²) in [6, 6.07) is 8.03. The minimum atomic E-state index is -0.429. The summed E-state index contributed by atoms with van der Waals surface area (Å²) in [5, 5.41) is 3.33. The van der Waals surface area contributed by atoms with Crippen LogP contribution in [0.25, 0.3) is 0 Å². The van der Waals surface area contributed by atoms with Crippen molar-refractivity contribution in [3.63, 3.8) is 0 Å². The summed E-state index contributed by atoms with van der Waals surface area (Å²) in [5.74, 6) is 0.859. The van der Waals surface area contributed by atoms with Crippen LogP contribution in [0.4, 0.5) is 0 Å². The Bertz CT molecular complexity index is 478. The average Bonchev–Trinajstić information content (AvgIpc) is 2.52. The molecular formula is C16H24N2O3. The lowest BCUT2D eigenvalue weighted by Gasteiger charge is -2.33. The zero-order chi connectivity index (χ0) is 15.2. The van der Waals surface area contributed by atoms with Crippen molar-refractivity contribution in [2.75, 3.05) is 26.7 Å². The van der Waals surface area contributed by atoms with Crippen LogP contribution in [0, 0.1) is 0 Å². The highest BCUT2D eigenvalue weighted by Crippen LogP contribution is 2.14. The zero-order valence-electron chi connectivity index (χ0n) is 13.0. The van der Waals surface area contributed by atoms with Gasteiger partial charge in [0, 0.05) is 25.7 Å². The van der Waals surface area contributed by atoms with Crippen LogP contribution in [-0.4, -0.2) is 49.7 Å². The number of carbonyl (C=O) groups is 1. The predicted octanol–water partition coefficient (Wildman–Crippen LogP) is 1.42. The van der Waals surface area contributed by atoms with E-state index in [-0.39, 0.29) is 5.91 Å². The number of carbonyl (C=O) groups excluding carboxylic acids is 1. The fourth-order valence-electron chi connectivity index (χ4n) is 2.44. The minimum Gasteiger partial charge on any atom is -0.497 e. The van der Waals surface area contributed by atoms with Gasteiger partial charge in [-0.3, -0.25) is 4.79 Å². The number of hydrogen-bond acceptors (Lipinski definition) is 4. The molecule has 21 heavy (non-hydrogen) atoms. The summed E-state index contributed by atoms with van der Waals surface area (Å²) in [6.45, 7) is 6.64. The molecule has 1 aromatic carbocycles. The molecule has 2 rings (SSSR count). The lowest BCUT2D eigenvalue weighted by atomic mass is 10.2. The van der Waals surface area contributed by atoms with Gasteiger partial charge in [0.2, 0.25) is 0 Å². The molecule has 5 nitrogen and oxygen atoms in total. The Hall–Kier alpha value is -1.59. The quantitative estimate of drug-likeness (QED) is 0.892. The van der Waals surface area contributed by atoms with Crippen LogP contribution in [0.2, 0.25) is 0 Å². The number of rotatable bonds is 5. The lowest BCUT2D eigenvalue weighted by Crippen LogP contribution is -2.53. The van der Waals surface area contributed by atoms with Gasteiger partial charge in [-0.15, -0.1) is 0 Å². The van der Waals surface area contributed by atoms with Gasteiger partial charge in [0.15, 0.2) is 0 Å². The summed E-state index contributed by atoms with van der Waals surface area (Å²) < 4.78 is 10.9. The highest BCUT2D eigenvalue weighted by Gasteiger charge is 2.25. The smallest absolute Gasteiger partial charge is 0.251 e. The molecule has 0 radical (unpaired) electrons. The summed E-state index contributed by atoms with van der Waals surface area (Å²) in [4.78, 5) is 14.2. The molecule has 0 saturated carbocycles. The Morgan fingerprint density at radius 1 is 1.52 bits per heavy atom.